The van der Waals surface area contributed by atoms with Gasteiger partial charge in [0.25, 0.3) is 0 Å². The number of aromatic nitrogens is 2. The van der Waals surface area contributed by atoms with Gasteiger partial charge in [0.1, 0.15) is 11.9 Å². The lowest BCUT2D eigenvalue weighted by atomic mass is 9.99. The topological polar surface area (TPSA) is 79.4 Å². The Morgan fingerprint density at radius 1 is 1.52 bits per heavy atom. The summed E-state index contributed by atoms with van der Waals surface area (Å²) >= 11 is 3.30. The first-order valence-corrected chi connectivity index (χ1v) is 12.8. The van der Waals surface area contributed by atoms with E-state index < -0.39 is 20.2 Å². The molecule has 0 fully saturated rings. The van der Waals surface area contributed by atoms with E-state index in [2.05, 4.69) is 68.3 Å². The van der Waals surface area contributed by atoms with Crippen molar-refractivity contribution in [3.63, 3.8) is 0 Å². The predicted octanol–water partition coefficient (Wildman–Crippen LogP) is 4.26. The maximum Gasteiger partial charge on any atom is 0.351 e. The molecule has 0 aliphatic carbocycles. The molecular formula is C19H30BrN3O3Si. The van der Waals surface area contributed by atoms with Crippen LogP contribution in [-0.4, -0.2) is 30.6 Å². The summed E-state index contributed by atoms with van der Waals surface area (Å²) in [6.07, 6.45) is 4.38. The minimum atomic E-state index is -1.98. The van der Waals surface area contributed by atoms with E-state index in [1.807, 2.05) is 6.08 Å². The Morgan fingerprint density at radius 2 is 2.15 bits per heavy atom. The van der Waals surface area contributed by atoms with Crippen LogP contribution in [-0.2, 0) is 9.16 Å². The van der Waals surface area contributed by atoms with Crippen LogP contribution in [0.3, 0.4) is 0 Å². The highest BCUT2D eigenvalue weighted by Crippen LogP contribution is 2.45. The summed E-state index contributed by atoms with van der Waals surface area (Å²) < 4.78 is 14.5. The third-order valence-electron chi connectivity index (χ3n) is 6.05. The van der Waals surface area contributed by atoms with Gasteiger partial charge >= 0.3 is 5.69 Å². The molecule has 6 nitrogen and oxygen atoms in total. The van der Waals surface area contributed by atoms with Crippen molar-refractivity contribution in [1.29, 1.82) is 0 Å². The fourth-order valence-corrected chi connectivity index (χ4v) is 5.48. The molecule has 0 amide bonds. The highest BCUT2D eigenvalue weighted by Gasteiger charge is 2.44. The van der Waals surface area contributed by atoms with Gasteiger partial charge in [0.2, 0.25) is 0 Å². The molecule has 1 aliphatic heterocycles. The maximum absolute atomic E-state index is 12.2. The van der Waals surface area contributed by atoms with Gasteiger partial charge in [0.05, 0.1) is 11.1 Å². The minimum Gasteiger partial charge on any atom is -0.414 e. The molecule has 1 aromatic rings. The third kappa shape index (κ3) is 4.44. The molecule has 0 bridgehead atoms. The fraction of sp³-hybridized carbons (Fsp3) is 0.579. The van der Waals surface area contributed by atoms with Crippen molar-refractivity contribution in [3.05, 3.63) is 45.5 Å². The van der Waals surface area contributed by atoms with Crippen LogP contribution >= 0.6 is 15.9 Å². The molecule has 2 heterocycles. The van der Waals surface area contributed by atoms with Crippen molar-refractivity contribution >= 4 is 30.1 Å². The van der Waals surface area contributed by atoms with Crippen LogP contribution in [0.4, 0.5) is 5.82 Å². The normalized spacial score (nSPS) is 20.8. The van der Waals surface area contributed by atoms with Gasteiger partial charge in [-0.05, 0) is 51.6 Å². The van der Waals surface area contributed by atoms with Crippen molar-refractivity contribution in [1.82, 2.24) is 9.55 Å². The van der Waals surface area contributed by atoms with Gasteiger partial charge in [-0.1, -0.05) is 40.3 Å². The number of rotatable bonds is 7. The Hall–Kier alpha value is -1.22. The van der Waals surface area contributed by atoms with Crippen LogP contribution in [0.25, 0.3) is 0 Å². The van der Waals surface area contributed by atoms with E-state index in [1.54, 1.807) is 12.3 Å². The second kappa shape index (κ2) is 8.03. The molecule has 0 saturated carbocycles. The molecule has 1 aromatic heterocycles. The standard InChI is InChI=1S/C19H30BrN3O3Si/c1-8-13-9-16(23-10-14(20)17(21)22-18(23)24)26-15(13)11-25-27(6,7)19(4,5)12(2)3/h8-10,12,15-16H,1,11H2,2-7H3,(H2,21,22,24)/t15-,16-/m1/s1. The SMILES string of the molecule is C=CC1=C[C@H](n2cc(Br)c(N)nc2=O)O[C@@H]1CO[Si](C)(C)C(C)(C)C(C)C. The fourth-order valence-electron chi connectivity index (χ4n) is 2.84. The second-order valence-corrected chi connectivity index (χ2v) is 13.7. The summed E-state index contributed by atoms with van der Waals surface area (Å²) in [6, 6.07) is 0. The van der Waals surface area contributed by atoms with Crippen LogP contribution in [0, 0.1) is 5.92 Å². The van der Waals surface area contributed by atoms with Crippen LogP contribution in [0.2, 0.25) is 18.1 Å². The molecule has 0 spiro atoms. The molecule has 2 atom stereocenters. The summed E-state index contributed by atoms with van der Waals surface area (Å²) in [6.45, 7) is 17.8. The van der Waals surface area contributed by atoms with Crippen molar-refractivity contribution < 1.29 is 9.16 Å². The van der Waals surface area contributed by atoms with Crippen molar-refractivity contribution in [3.8, 4) is 0 Å². The Bertz CT molecular complexity index is 802. The van der Waals surface area contributed by atoms with Crippen LogP contribution in [0.1, 0.15) is 33.9 Å². The zero-order chi connectivity index (χ0) is 20.6. The zero-order valence-electron chi connectivity index (χ0n) is 17.0. The van der Waals surface area contributed by atoms with Crippen LogP contribution in [0.5, 0.6) is 0 Å². The quantitative estimate of drug-likeness (QED) is 0.621. The molecule has 0 saturated heterocycles. The average molecular weight is 456 g/mol. The van der Waals surface area contributed by atoms with E-state index in [1.165, 1.54) is 4.57 Å². The summed E-state index contributed by atoms with van der Waals surface area (Å²) in [5.41, 5.74) is 6.12. The first kappa shape index (κ1) is 22.1. The summed E-state index contributed by atoms with van der Waals surface area (Å²) in [7, 11) is -1.98. The molecule has 0 aromatic carbocycles. The highest BCUT2D eigenvalue weighted by molar-refractivity contribution is 9.10. The lowest BCUT2D eigenvalue weighted by molar-refractivity contribution is -0.0107. The van der Waals surface area contributed by atoms with Crippen molar-refractivity contribution in [2.24, 2.45) is 5.92 Å². The molecule has 0 radical (unpaired) electrons. The van der Waals surface area contributed by atoms with E-state index in [9.17, 15) is 4.79 Å². The number of halogens is 1. The molecule has 0 unspecified atom stereocenters. The smallest absolute Gasteiger partial charge is 0.351 e. The number of hydrogen-bond donors (Lipinski definition) is 1. The molecule has 2 N–H and O–H groups in total. The van der Waals surface area contributed by atoms with E-state index in [-0.39, 0.29) is 17.0 Å². The van der Waals surface area contributed by atoms with Gasteiger partial charge in [-0.3, -0.25) is 4.57 Å². The number of anilines is 1. The number of nitrogens with two attached hydrogens (primary N) is 1. The minimum absolute atomic E-state index is 0.117. The average Bonchev–Trinajstić information content (AvgIpc) is 2.99. The van der Waals surface area contributed by atoms with Crippen LogP contribution in [0.15, 0.2) is 39.8 Å². The number of ether oxygens (including phenoxy) is 1. The van der Waals surface area contributed by atoms with Gasteiger partial charge in [0, 0.05) is 6.20 Å². The van der Waals surface area contributed by atoms with Gasteiger partial charge in [-0.25, -0.2) is 4.79 Å². The van der Waals surface area contributed by atoms with Gasteiger partial charge in [-0.15, -0.1) is 0 Å². The summed E-state index contributed by atoms with van der Waals surface area (Å²) in [5.74, 6) is 0.674. The molecular weight excluding hydrogens is 426 g/mol. The van der Waals surface area contributed by atoms with Gasteiger partial charge < -0.3 is 14.9 Å². The Balaban J connectivity index is 2.18. The molecule has 8 heteroatoms. The summed E-state index contributed by atoms with van der Waals surface area (Å²) in [4.78, 5) is 16.0. The van der Waals surface area contributed by atoms with E-state index >= 15 is 0 Å². The third-order valence-corrected chi connectivity index (χ3v) is 11.2. The zero-order valence-corrected chi connectivity index (χ0v) is 19.5. The highest BCUT2D eigenvalue weighted by atomic mass is 79.9. The van der Waals surface area contributed by atoms with Crippen molar-refractivity contribution in [2.45, 2.75) is 58.2 Å². The van der Waals surface area contributed by atoms with Gasteiger partial charge in [-0.2, -0.15) is 4.98 Å². The van der Waals surface area contributed by atoms with E-state index in [4.69, 9.17) is 14.9 Å². The summed E-state index contributed by atoms with van der Waals surface area (Å²) in [5, 5.41) is 0.117. The predicted molar refractivity (Wildman–Crippen MR) is 115 cm³/mol. The lowest BCUT2D eigenvalue weighted by Crippen LogP contribution is -2.46. The Labute approximate surface area is 170 Å². The number of nitrogens with zero attached hydrogens (tertiary/aromatic N) is 2. The maximum atomic E-state index is 12.2. The Kier molecular flexibility index (Phi) is 6.56. The lowest BCUT2D eigenvalue weighted by Gasteiger charge is -2.43. The first-order chi connectivity index (χ1) is 12.4. The molecule has 150 valence electrons. The van der Waals surface area contributed by atoms with E-state index in [0.717, 1.165) is 5.57 Å². The number of nitrogen functional groups attached to an aromatic ring is 1. The Morgan fingerprint density at radius 3 is 2.70 bits per heavy atom. The van der Waals surface area contributed by atoms with Crippen molar-refractivity contribution in [2.75, 3.05) is 12.3 Å². The first-order valence-electron chi connectivity index (χ1n) is 9.08. The number of hydrogen-bond acceptors (Lipinski definition) is 5. The van der Waals surface area contributed by atoms with Gasteiger partial charge in [0.15, 0.2) is 14.5 Å². The molecule has 27 heavy (non-hydrogen) atoms. The second-order valence-electron chi connectivity index (χ2n) is 8.25. The van der Waals surface area contributed by atoms with E-state index in [0.29, 0.717) is 17.0 Å². The molecule has 1 aliphatic rings. The monoisotopic (exact) mass is 455 g/mol. The molecule has 2 rings (SSSR count). The largest absolute Gasteiger partial charge is 0.414 e. The van der Waals surface area contributed by atoms with Crippen LogP contribution < -0.4 is 11.4 Å².